The predicted molar refractivity (Wildman–Crippen MR) is 53.8 cm³/mol. The Kier molecular flexibility index (Phi) is 2.99. The highest BCUT2D eigenvalue weighted by Gasteiger charge is 2.60. The molecule has 0 unspecified atom stereocenters. The third-order valence-corrected chi connectivity index (χ3v) is 3.04. The number of nitrogens with one attached hydrogen (secondary N) is 1. The number of H-pyrrole nitrogens is 1. The number of carbonyl (C=O) groups is 1. The van der Waals surface area contributed by atoms with Crippen molar-refractivity contribution in [3.63, 3.8) is 0 Å². The molecule has 1 aliphatic heterocycles. The van der Waals surface area contributed by atoms with Crippen molar-refractivity contribution in [3.05, 3.63) is 12.5 Å². The summed E-state index contributed by atoms with van der Waals surface area (Å²) in [7, 11) is 0. The number of rotatable bonds is 3. The maximum atomic E-state index is 11.3. The molecule has 0 aromatic carbocycles. The molecule has 0 saturated carbocycles. The standard InChI is InChI=1S/C9H13N3O6/c10-8(17)9(2-13)6(16)5(15)7(18-9)12-3-11-1-4(12)14/h1,3,5-7,13,15-16H,2H2,(H3,10,14,17)/p+1/t5-,6+,7-,9-/m1/s1. The lowest BCUT2D eigenvalue weighted by molar-refractivity contribution is -0.769. The molecule has 18 heavy (non-hydrogen) atoms. The molecule has 1 aromatic heterocycles. The largest absolute Gasteiger partial charge is 0.475 e. The number of aliphatic hydroxyl groups excluding tert-OH is 3. The van der Waals surface area contributed by atoms with E-state index in [0.717, 1.165) is 4.57 Å². The smallest absolute Gasteiger partial charge is 0.324 e. The zero-order chi connectivity index (χ0) is 13.5. The number of carbonyl (C=O) groups excluding carboxylic acids is 1. The first-order valence-corrected chi connectivity index (χ1v) is 5.15. The van der Waals surface area contributed by atoms with E-state index in [-0.39, 0.29) is 5.88 Å². The van der Waals surface area contributed by atoms with E-state index >= 15 is 0 Å². The van der Waals surface area contributed by atoms with Gasteiger partial charge < -0.3 is 30.9 Å². The van der Waals surface area contributed by atoms with Gasteiger partial charge in [0.15, 0.2) is 6.20 Å². The number of aromatic hydroxyl groups is 1. The summed E-state index contributed by atoms with van der Waals surface area (Å²) >= 11 is 0. The van der Waals surface area contributed by atoms with Gasteiger partial charge in [0.25, 0.3) is 5.91 Å². The summed E-state index contributed by atoms with van der Waals surface area (Å²) in [6, 6.07) is 0. The van der Waals surface area contributed by atoms with Crippen molar-refractivity contribution in [1.29, 1.82) is 0 Å². The third-order valence-electron chi connectivity index (χ3n) is 3.04. The Hall–Kier alpha value is -1.68. The number of aromatic nitrogens is 2. The Morgan fingerprint density at radius 3 is 2.67 bits per heavy atom. The van der Waals surface area contributed by atoms with E-state index in [1.165, 1.54) is 12.5 Å². The minimum atomic E-state index is -2.10. The van der Waals surface area contributed by atoms with Crippen LogP contribution in [-0.2, 0) is 9.53 Å². The molecule has 7 N–H and O–H groups in total. The predicted octanol–water partition coefficient (Wildman–Crippen LogP) is -3.53. The molecule has 1 fully saturated rings. The first-order valence-electron chi connectivity index (χ1n) is 5.15. The van der Waals surface area contributed by atoms with Crippen molar-refractivity contribution in [3.8, 4) is 5.88 Å². The second-order valence-corrected chi connectivity index (χ2v) is 4.06. The van der Waals surface area contributed by atoms with Crippen molar-refractivity contribution in [1.82, 2.24) is 4.98 Å². The Balaban J connectivity index is 2.38. The second kappa shape index (κ2) is 4.21. The molecule has 1 amide bonds. The van der Waals surface area contributed by atoms with Gasteiger partial charge in [0, 0.05) is 0 Å². The lowest BCUT2D eigenvalue weighted by Crippen LogP contribution is -2.56. The molecule has 0 radical (unpaired) electrons. The second-order valence-electron chi connectivity index (χ2n) is 4.06. The topological polar surface area (TPSA) is 153 Å². The van der Waals surface area contributed by atoms with Crippen LogP contribution < -0.4 is 10.3 Å². The van der Waals surface area contributed by atoms with Gasteiger partial charge >= 0.3 is 5.88 Å². The van der Waals surface area contributed by atoms with Crippen LogP contribution in [0, 0.1) is 0 Å². The Labute approximate surface area is 101 Å². The summed E-state index contributed by atoms with van der Waals surface area (Å²) in [4.78, 5) is 13.8. The van der Waals surface area contributed by atoms with E-state index in [4.69, 9.17) is 10.5 Å². The third kappa shape index (κ3) is 1.56. The lowest BCUT2D eigenvalue weighted by Gasteiger charge is -2.25. The molecule has 2 heterocycles. The average Bonchev–Trinajstić information content (AvgIpc) is 2.85. The van der Waals surface area contributed by atoms with E-state index in [0.29, 0.717) is 0 Å². The highest BCUT2D eigenvalue weighted by molar-refractivity contribution is 5.85. The van der Waals surface area contributed by atoms with Crippen LogP contribution in [0.2, 0.25) is 0 Å². The summed E-state index contributed by atoms with van der Waals surface area (Å²) in [5.74, 6) is -1.38. The van der Waals surface area contributed by atoms with Crippen LogP contribution in [-0.4, -0.2) is 55.7 Å². The minimum absolute atomic E-state index is 0.274. The molecule has 1 aromatic rings. The van der Waals surface area contributed by atoms with E-state index in [9.17, 15) is 25.2 Å². The van der Waals surface area contributed by atoms with Gasteiger partial charge in [-0.05, 0) is 0 Å². The zero-order valence-corrected chi connectivity index (χ0v) is 9.22. The number of hydrogen-bond acceptors (Lipinski definition) is 6. The number of aliphatic hydroxyl groups is 3. The normalized spacial score (nSPS) is 35.8. The molecular formula is C9H14N3O6+. The molecule has 1 saturated heterocycles. The Morgan fingerprint density at radius 2 is 2.28 bits per heavy atom. The summed E-state index contributed by atoms with van der Waals surface area (Å²) in [6.45, 7) is -0.886. The summed E-state index contributed by atoms with van der Waals surface area (Å²) in [5.41, 5.74) is 2.98. The molecule has 9 nitrogen and oxygen atoms in total. The van der Waals surface area contributed by atoms with Crippen molar-refractivity contribution in [2.45, 2.75) is 24.0 Å². The van der Waals surface area contributed by atoms with Gasteiger partial charge in [0.05, 0.1) is 6.61 Å². The van der Waals surface area contributed by atoms with Crippen molar-refractivity contribution in [2.24, 2.45) is 5.73 Å². The average molecular weight is 260 g/mol. The van der Waals surface area contributed by atoms with E-state index in [1.807, 2.05) is 0 Å². The maximum absolute atomic E-state index is 11.3. The molecule has 4 atom stereocenters. The van der Waals surface area contributed by atoms with Gasteiger partial charge in [-0.15, -0.1) is 0 Å². The number of aromatic amines is 1. The molecule has 9 heteroatoms. The number of hydrogen-bond donors (Lipinski definition) is 6. The SMILES string of the molecule is NC(=O)[C@]1(CO)O[C@@H]([n+]2c[nH]cc2O)[C@H](O)[C@@H]1O. The molecular weight excluding hydrogens is 246 g/mol. The molecule has 2 rings (SSSR count). The lowest BCUT2D eigenvalue weighted by atomic mass is 9.95. The fourth-order valence-corrected chi connectivity index (χ4v) is 1.96. The number of amides is 1. The summed E-state index contributed by atoms with van der Waals surface area (Å²) < 4.78 is 6.23. The minimum Gasteiger partial charge on any atom is -0.475 e. The zero-order valence-electron chi connectivity index (χ0n) is 9.22. The summed E-state index contributed by atoms with van der Waals surface area (Å²) in [5, 5.41) is 38.3. The van der Waals surface area contributed by atoms with Crippen LogP contribution in [0.15, 0.2) is 12.5 Å². The van der Waals surface area contributed by atoms with E-state index in [2.05, 4.69) is 4.98 Å². The maximum Gasteiger partial charge on any atom is 0.324 e. The molecule has 0 bridgehead atoms. The first-order chi connectivity index (χ1) is 8.44. The van der Waals surface area contributed by atoms with Crippen LogP contribution in [0.1, 0.15) is 6.23 Å². The molecule has 0 spiro atoms. The van der Waals surface area contributed by atoms with Gasteiger partial charge in [-0.1, -0.05) is 0 Å². The summed E-state index contributed by atoms with van der Waals surface area (Å²) in [6.07, 6.45) is -2.00. The molecule has 0 aliphatic carbocycles. The number of ether oxygens (including phenoxy) is 1. The van der Waals surface area contributed by atoms with Crippen LogP contribution in [0.25, 0.3) is 0 Å². The van der Waals surface area contributed by atoms with Crippen LogP contribution in [0.3, 0.4) is 0 Å². The quantitative estimate of drug-likeness (QED) is 0.310. The monoisotopic (exact) mass is 260 g/mol. The highest BCUT2D eigenvalue weighted by Crippen LogP contribution is 2.34. The number of primary amides is 1. The van der Waals surface area contributed by atoms with E-state index in [1.54, 1.807) is 0 Å². The number of nitrogens with zero attached hydrogens (tertiary/aromatic N) is 1. The van der Waals surface area contributed by atoms with Gasteiger partial charge in [-0.2, -0.15) is 4.57 Å². The van der Waals surface area contributed by atoms with Gasteiger partial charge in [0.1, 0.15) is 12.2 Å². The van der Waals surface area contributed by atoms with Crippen LogP contribution >= 0.6 is 0 Å². The van der Waals surface area contributed by atoms with Crippen LogP contribution in [0.5, 0.6) is 5.88 Å². The van der Waals surface area contributed by atoms with Gasteiger partial charge in [0.2, 0.25) is 18.2 Å². The van der Waals surface area contributed by atoms with Crippen LogP contribution in [0.4, 0.5) is 0 Å². The first kappa shape index (κ1) is 12.8. The number of imidazole rings is 1. The Morgan fingerprint density at radius 1 is 1.61 bits per heavy atom. The Bertz CT molecular complexity index is 463. The number of nitrogens with two attached hydrogens (primary N) is 1. The fourth-order valence-electron chi connectivity index (χ4n) is 1.96. The molecule has 100 valence electrons. The highest BCUT2D eigenvalue weighted by atomic mass is 16.6. The van der Waals surface area contributed by atoms with Gasteiger partial charge in [-0.3, -0.25) is 4.79 Å². The van der Waals surface area contributed by atoms with Crippen molar-refractivity contribution >= 4 is 5.91 Å². The van der Waals surface area contributed by atoms with E-state index < -0.39 is 36.6 Å². The fraction of sp³-hybridized carbons (Fsp3) is 0.556. The van der Waals surface area contributed by atoms with Gasteiger partial charge in [-0.25, -0.2) is 4.98 Å². The van der Waals surface area contributed by atoms with Crippen molar-refractivity contribution < 1.29 is 34.5 Å². The molecule has 1 aliphatic rings. The van der Waals surface area contributed by atoms with Crippen molar-refractivity contribution in [2.75, 3.05) is 6.61 Å².